The van der Waals surface area contributed by atoms with Gasteiger partial charge in [-0.2, -0.15) is 0 Å². The van der Waals surface area contributed by atoms with Crippen LogP contribution in [-0.4, -0.2) is 15.9 Å². The molecule has 0 saturated carbocycles. The van der Waals surface area contributed by atoms with Crippen LogP contribution in [0.15, 0.2) is 60.2 Å². The molecule has 4 nitrogen and oxygen atoms in total. The number of thiazole rings is 1. The fraction of sp³-hybridized carbons (Fsp3) is 0.190. The number of hydrogen-bond acceptors (Lipinski definition) is 4. The van der Waals surface area contributed by atoms with E-state index in [1.807, 2.05) is 35.7 Å². The van der Waals surface area contributed by atoms with Gasteiger partial charge in [0.2, 0.25) is 5.91 Å². The molecular weight excluding hydrogens is 342 g/mol. The van der Waals surface area contributed by atoms with E-state index < -0.39 is 0 Å². The minimum absolute atomic E-state index is 0.128. The van der Waals surface area contributed by atoms with Crippen LogP contribution in [0.4, 0.5) is 0 Å². The smallest absolute Gasteiger partial charge is 0.244 e. The first-order chi connectivity index (χ1) is 12.6. The number of hydrogen-bond donors (Lipinski definition) is 1. The summed E-state index contributed by atoms with van der Waals surface area (Å²) in [7, 11) is 0. The lowest BCUT2D eigenvalue weighted by atomic mass is 10.0. The summed E-state index contributed by atoms with van der Waals surface area (Å²) in [6.07, 6.45) is 6.87. The summed E-state index contributed by atoms with van der Waals surface area (Å²) in [5, 5.41) is 5.76. The van der Waals surface area contributed by atoms with Crippen molar-refractivity contribution in [1.29, 1.82) is 0 Å². The van der Waals surface area contributed by atoms with Crippen LogP contribution in [0.1, 0.15) is 36.6 Å². The maximum Gasteiger partial charge on any atom is 0.244 e. The van der Waals surface area contributed by atoms with E-state index in [1.165, 1.54) is 5.56 Å². The molecular formula is C21H21N3OS. The fourth-order valence-corrected chi connectivity index (χ4v) is 3.24. The molecule has 0 saturated heterocycles. The van der Waals surface area contributed by atoms with E-state index in [9.17, 15) is 4.79 Å². The van der Waals surface area contributed by atoms with Crippen molar-refractivity contribution in [3.8, 4) is 10.6 Å². The van der Waals surface area contributed by atoms with E-state index in [-0.39, 0.29) is 5.91 Å². The minimum Gasteiger partial charge on any atom is -0.347 e. The summed E-state index contributed by atoms with van der Waals surface area (Å²) in [4.78, 5) is 20.6. The monoisotopic (exact) mass is 363 g/mol. The molecule has 0 aliphatic heterocycles. The molecule has 1 amide bonds. The molecule has 132 valence electrons. The molecule has 0 unspecified atom stereocenters. The van der Waals surface area contributed by atoms with Gasteiger partial charge in [-0.3, -0.25) is 9.78 Å². The van der Waals surface area contributed by atoms with Crippen LogP contribution in [0.2, 0.25) is 0 Å². The number of rotatable bonds is 6. The summed E-state index contributed by atoms with van der Waals surface area (Å²) in [5.74, 6) is 0.378. The van der Waals surface area contributed by atoms with E-state index in [1.54, 1.807) is 29.8 Å². The van der Waals surface area contributed by atoms with Gasteiger partial charge in [0, 0.05) is 29.4 Å². The Bertz CT molecular complexity index is 883. The molecule has 0 atom stereocenters. The molecule has 2 aromatic heterocycles. The number of benzene rings is 1. The third-order valence-electron chi connectivity index (χ3n) is 3.95. The largest absolute Gasteiger partial charge is 0.347 e. The molecule has 1 aromatic carbocycles. The SMILES string of the molecule is CC(C)c1ccc(/C=C/C(=O)NCc2csc(-c3ccncc3)n2)cc1. The Morgan fingerprint density at radius 3 is 2.58 bits per heavy atom. The van der Waals surface area contributed by atoms with Crippen LogP contribution >= 0.6 is 11.3 Å². The number of nitrogens with zero attached hydrogens (tertiary/aromatic N) is 2. The molecule has 3 aromatic rings. The summed E-state index contributed by atoms with van der Waals surface area (Å²) in [5.41, 5.74) is 4.19. The Labute approximate surface area is 157 Å². The van der Waals surface area contributed by atoms with Gasteiger partial charge in [-0.25, -0.2) is 4.98 Å². The zero-order valence-electron chi connectivity index (χ0n) is 14.8. The lowest BCUT2D eigenvalue weighted by molar-refractivity contribution is -0.116. The van der Waals surface area contributed by atoms with E-state index in [0.717, 1.165) is 21.8 Å². The molecule has 2 heterocycles. The van der Waals surface area contributed by atoms with Crippen LogP contribution in [0.25, 0.3) is 16.6 Å². The number of aromatic nitrogens is 2. The molecule has 0 aliphatic carbocycles. The Kier molecular flexibility index (Phi) is 5.92. The zero-order chi connectivity index (χ0) is 18.4. The third kappa shape index (κ3) is 4.86. The van der Waals surface area contributed by atoms with Gasteiger partial charge < -0.3 is 5.32 Å². The standard InChI is InChI=1S/C21H21N3OS/c1-15(2)17-6-3-16(4-7-17)5-8-20(25)23-13-19-14-26-21(24-19)18-9-11-22-12-10-18/h3-12,14-15H,13H2,1-2H3,(H,23,25)/b8-5+. The van der Waals surface area contributed by atoms with Crippen LogP contribution < -0.4 is 5.32 Å². The summed E-state index contributed by atoms with van der Waals surface area (Å²) in [6.45, 7) is 4.74. The van der Waals surface area contributed by atoms with Crippen molar-refractivity contribution < 1.29 is 4.79 Å². The third-order valence-corrected chi connectivity index (χ3v) is 4.89. The maximum atomic E-state index is 12.0. The lowest BCUT2D eigenvalue weighted by Crippen LogP contribution is -2.20. The van der Waals surface area contributed by atoms with Crippen LogP contribution in [0, 0.1) is 0 Å². The molecule has 0 bridgehead atoms. The van der Waals surface area contributed by atoms with Gasteiger partial charge in [-0.15, -0.1) is 11.3 Å². The summed E-state index contributed by atoms with van der Waals surface area (Å²) >= 11 is 1.56. The average Bonchev–Trinajstić information content (AvgIpc) is 3.15. The number of amides is 1. The van der Waals surface area contributed by atoms with Gasteiger partial charge in [-0.1, -0.05) is 38.1 Å². The number of nitrogens with one attached hydrogen (secondary N) is 1. The Morgan fingerprint density at radius 1 is 1.15 bits per heavy atom. The molecule has 0 fully saturated rings. The Hall–Kier alpha value is -2.79. The molecule has 26 heavy (non-hydrogen) atoms. The topological polar surface area (TPSA) is 54.9 Å². The van der Waals surface area contributed by atoms with Crippen molar-refractivity contribution >= 4 is 23.3 Å². The summed E-state index contributed by atoms with van der Waals surface area (Å²) < 4.78 is 0. The van der Waals surface area contributed by atoms with E-state index in [0.29, 0.717) is 12.5 Å². The van der Waals surface area contributed by atoms with Crippen LogP contribution in [-0.2, 0) is 11.3 Å². The quantitative estimate of drug-likeness (QED) is 0.648. The molecule has 0 aliphatic rings. The zero-order valence-corrected chi connectivity index (χ0v) is 15.7. The predicted molar refractivity (Wildman–Crippen MR) is 107 cm³/mol. The average molecular weight is 363 g/mol. The first-order valence-electron chi connectivity index (χ1n) is 8.52. The normalized spacial score (nSPS) is 11.2. The minimum atomic E-state index is -0.128. The lowest BCUT2D eigenvalue weighted by Gasteiger charge is -2.04. The van der Waals surface area contributed by atoms with Crippen molar-refractivity contribution in [1.82, 2.24) is 15.3 Å². The van der Waals surface area contributed by atoms with E-state index in [2.05, 4.69) is 41.3 Å². The van der Waals surface area contributed by atoms with Crippen molar-refractivity contribution in [3.05, 3.63) is 77.1 Å². The highest BCUT2D eigenvalue weighted by Gasteiger charge is 2.05. The number of pyridine rings is 1. The van der Waals surface area contributed by atoms with E-state index >= 15 is 0 Å². The predicted octanol–water partition coefficient (Wildman–Crippen LogP) is 4.66. The Morgan fingerprint density at radius 2 is 1.88 bits per heavy atom. The molecule has 0 spiro atoms. The maximum absolute atomic E-state index is 12.0. The first-order valence-corrected chi connectivity index (χ1v) is 9.40. The number of carbonyl (C=O) groups excluding carboxylic acids is 1. The summed E-state index contributed by atoms with van der Waals surface area (Å²) in [6, 6.07) is 12.1. The first kappa shape index (κ1) is 18.0. The molecule has 1 N–H and O–H groups in total. The van der Waals surface area contributed by atoms with E-state index in [4.69, 9.17) is 0 Å². The van der Waals surface area contributed by atoms with Gasteiger partial charge in [0.05, 0.1) is 12.2 Å². The van der Waals surface area contributed by atoms with Crippen LogP contribution in [0.3, 0.4) is 0 Å². The molecule has 3 rings (SSSR count). The highest BCUT2D eigenvalue weighted by atomic mass is 32.1. The van der Waals surface area contributed by atoms with Gasteiger partial charge in [0.1, 0.15) is 5.01 Å². The molecule has 0 radical (unpaired) electrons. The second kappa shape index (κ2) is 8.54. The van der Waals surface area contributed by atoms with Crippen molar-refractivity contribution in [2.75, 3.05) is 0 Å². The molecule has 5 heteroatoms. The highest BCUT2D eigenvalue weighted by Crippen LogP contribution is 2.22. The van der Waals surface area contributed by atoms with Gasteiger partial charge in [-0.05, 0) is 35.3 Å². The van der Waals surface area contributed by atoms with Gasteiger partial charge in [0.25, 0.3) is 0 Å². The Balaban J connectivity index is 1.53. The van der Waals surface area contributed by atoms with Crippen LogP contribution in [0.5, 0.6) is 0 Å². The van der Waals surface area contributed by atoms with Crippen molar-refractivity contribution in [3.63, 3.8) is 0 Å². The van der Waals surface area contributed by atoms with Gasteiger partial charge in [0.15, 0.2) is 0 Å². The number of carbonyl (C=O) groups is 1. The second-order valence-corrected chi connectivity index (χ2v) is 7.11. The second-order valence-electron chi connectivity index (χ2n) is 6.25. The van der Waals surface area contributed by atoms with Crippen molar-refractivity contribution in [2.45, 2.75) is 26.3 Å². The van der Waals surface area contributed by atoms with Crippen molar-refractivity contribution in [2.24, 2.45) is 0 Å². The van der Waals surface area contributed by atoms with Gasteiger partial charge >= 0.3 is 0 Å². The fourth-order valence-electron chi connectivity index (χ4n) is 2.42. The highest BCUT2D eigenvalue weighted by molar-refractivity contribution is 7.13.